The zero-order valence-electron chi connectivity index (χ0n) is 10.2. The highest BCUT2D eigenvalue weighted by molar-refractivity contribution is 5.85. The average molecular weight is 259 g/mol. The third kappa shape index (κ3) is 3.20. The Morgan fingerprint density at radius 1 is 1.71 bits per heavy atom. The number of aryl methyl sites for hydroxylation is 1. The van der Waals surface area contributed by atoms with Gasteiger partial charge in [-0.2, -0.15) is 0 Å². The molecule has 1 saturated heterocycles. The van der Waals surface area contributed by atoms with Crippen LogP contribution in [-0.4, -0.2) is 40.0 Å². The molecule has 0 spiro atoms. The zero-order valence-corrected chi connectivity index (χ0v) is 11.0. The van der Waals surface area contributed by atoms with Gasteiger partial charge in [0.15, 0.2) is 0 Å². The largest absolute Gasteiger partial charge is 0.337 e. The first-order valence-corrected chi connectivity index (χ1v) is 5.63. The highest BCUT2D eigenvalue weighted by atomic mass is 35.5. The number of aromatic nitrogens is 2. The third-order valence-corrected chi connectivity index (χ3v) is 3.03. The molecule has 2 heterocycles. The van der Waals surface area contributed by atoms with Gasteiger partial charge in [0.05, 0.1) is 12.6 Å². The molecule has 1 aromatic rings. The summed E-state index contributed by atoms with van der Waals surface area (Å²) in [6.45, 7) is 1.52. The quantitative estimate of drug-likeness (QED) is 0.862. The summed E-state index contributed by atoms with van der Waals surface area (Å²) in [7, 11) is 3.77. The summed E-state index contributed by atoms with van der Waals surface area (Å²) in [5, 5.41) is 3.21. The van der Waals surface area contributed by atoms with Crippen molar-refractivity contribution in [1.82, 2.24) is 19.8 Å². The normalized spacial score (nSPS) is 18.8. The smallest absolute Gasteiger partial charge is 0.239 e. The molecule has 6 heteroatoms. The van der Waals surface area contributed by atoms with Gasteiger partial charge in [-0.25, -0.2) is 4.98 Å². The first-order valence-electron chi connectivity index (χ1n) is 5.63. The van der Waals surface area contributed by atoms with Crippen LogP contribution in [0.3, 0.4) is 0 Å². The lowest BCUT2D eigenvalue weighted by Gasteiger charge is -2.20. The van der Waals surface area contributed by atoms with E-state index in [9.17, 15) is 4.79 Å². The van der Waals surface area contributed by atoms with Crippen LogP contribution in [-0.2, 0) is 18.4 Å². The molecule has 1 amide bonds. The maximum Gasteiger partial charge on any atom is 0.239 e. The standard InChI is InChI=1S/C11H18N4O.ClH/c1-14-7-6-13-10(14)8-15(2)11(16)9-4-3-5-12-9;/h6-7,9,12H,3-5,8H2,1-2H3;1H. The van der Waals surface area contributed by atoms with Crippen molar-refractivity contribution in [3.8, 4) is 0 Å². The molecule has 1 atom stereocenters. The first-order chi connectivity index (χ1) is 7.68. The Kier molecular flexibility index (Phi) is 4.96. The second-order valence-corrected chi connectivity index (χ2v) is 4.30. The lowest BCUT2D eigenvalue weighted by atomic mass is 10.2. The molecule has 5 nitrogen and oxygen atoms in total. The number of rotatable bonds is 3. The Labute approximate surface area is 108 Å². The van der Waals surface area contributed by atoms with Crippen molar-refractivity contribution < 1.29 is 4.79 Å². The van der Waals surface area contributed by atoms with Gasteiger partial charge in [-0.05, 0) is 19.4 Å². The summed E-state index contributed by atoms with van der Waals surface area (Å²) >= 11 is 0. The van der Waals surface area contributed by atoms with Crippen molar-refractivity contribution in [2.24, 2.45) is 7.05 Å². The molecule has 0 aliphatic carbocycles. The molecule has 1 N–H and O–H groups in total. The minimum atomic E-state index is 0. The van der Waals surface area contributed by atoms with Crippen molar-refractivity contribution in [2.45, 2.75) is 25.4 Å². The molecular weight excluding hydrogens is 240 g/mol. The topological polar surface area (TPSA) is 50.2 Å². The van der Waals surface area contributed by atoms with Gasteiger partial charge in [0.2, 0.25) is 5.91 Å². The minimum absolute atomic E-state index is 0. The third-order valence-electron chi connectivity index (χ3n) is 3.03. The van der Waals surface area contributed by atoms with Crippen LogP contribution in [0.2, 0.25) is 0 Å². The molecule has 0 radical (unpaired) electrons. The van der Waals surface area contributed by atoms with Gasteiger partial charge in [-0.1, -0.05) is 0 Å². The number of likely N-dealkylation sites (N-methyl/N-ethyl adjacent to an activating group) is 1. The van der Waals surface area contributed by atoms with Crippen LogP contribution in [0.5, 0.6) is 0 Å². The zero-order chi connectivity index (χ0) is 11.5. The molecule has 96 valence electrons. The second-order valence-electron chi connectivity index (χ2n) is 4.30. The number of carbonyl (C=O) groups is 1. The van der Waals surface area contributed by atoms with Crippen LogP contribution in [0.25, 0.3) is 0 Å². The van der Waals surface area contributed by atoms with Gasteiger partial charge in [-0.3, -0.25) is 4.79 Å². The lowest BCUT2D eigenvalue weighted by molar-refractivity contribution is -0.132. The summed E-state index contributed by atoms with van der Waals surface area (Å²) in [6, 6.07) is 0.00488. The monoisotopic (exact) mass is 258 g/mol. The van der Waals surface area contributed by atoms with Crippen molar-refractivity contribution in [3.05, 3.63) is 18.2 Å². The van der Waals surface area contributed by atoms with Crippen molar-refractivity contribution in [1.29, 1.82) is 0 Å². The number of hydrogen-bond acceptors (Lipinski definition) is 3. The molecule has 0 bridgehead atoms. The maximum atomic E-state index is 12.0. The van der Waals surface area contributed by atoms with Crippen LogP contribution in [0.15, 0.2) is 12.4 Å². The van der Waals surface area contributed by atoms with E-state index >= 15 is 0 Å². The van der Waals surface area contributed by atoms with Gasteiger partial charge in [0.1, 0.15) is 5.82 Å². The molecule has 1 aromatic heterocycles. The molecule has 1 unspecified atom stereocenters. The van der Waals surface area contributed by atoms with E-state index in [1.165, 1.54) is 0 Å². The molecular formula is C11H19ClN4O. The maximum absolute atomic E-state index is 12.0. The number of nitrogens with one attached hydrogen (secondary N) is 1. The van der Waals surface area contributed by atoms with Crippen LogP contribution < -0.4 is 5.32 Å². The van der Waals surface area contributed by atoms with Crippen LogP contribution >= 0.6 is 12.4 Å². The van der Waals surface area contributed by atoms with E-state index in [4.69, 9.17) is 0 Å². The highest BCUT2D eigenvalue weighted by Gasteiger charge is 2.25. The van der Waals surface area contributed by atoms with Crippen LogP contribution in [0.4, 0.5) is 0 Å². The summed E-state index contributed by atoms with van der Waals surface area (Å²) in [5.74, 6) is 1.08. The van der Waals surface area contributed by atoms with Gasteiger partial charge in [0.25, 0.3) is 0 Å². The van der Waals surface area contributed by atoms with E-state index in [2.05, 4.69) is 10.3 Å². The molecule has 2 rings (SSSR count). The van der Waals surface area contributed by atoms with Crippen molar-refractivity contribution in [3.63, 3.8) is 0 Å². The predicted octanol–water partition coefficient (Wildman–Crippen LogP) is 0.552. The summed E-state index contributed by atoms with van der Waals surface area (Å²) < 4.78 is 1.94. The van der Waals surface area contributed by atoms with Gasteiger partial charge in [-0.15, -0.1) is 12.4 Å². The molecule has 1 aliphatic rings. The fourth-order valence-electron chi connectivity index (χ4n) is 2.00. The number of halogens is 1. The number of hydrogen-bond donors (Lipinski definition) is 1. The summed E-state index contributed by atoms with van der Waals surface area (Å²) in [4.78, 5) is 18.0. The van der Waals surface area contributed by atoms with Crippen LogP contribution in [0.1, 0.15) is 18.7 Å². The number of nitrogens with zero attached hydrogens (tertiary/aromatic N) is 3. The van der Waals surface area contributed by atoms with E-state index in [0.29, 0.717) is 6.54 Å². The first kappa shape index (κ1) is 14.0. The minimum Gasteiger partial charge on any atom is -0.337 e. The van der Waals surface area contributed by atoms with Gasteiger partial charge < -0.3 is 14.8 Å². The highest BCUT2D eigenvalue weighted by Crippen LogP contribution is 2.09. The fraction of sp³-hybridized carbons (Fsp3) is 0.636. The molecule has 1 fully saturated rings. The Bertz CT molecular complexity index is 373. The van der Waals surface area contributed by atoms with Crippen LogP contribution in [0, 0.1) is 0 Å². The Hall–Kier alpha value is -1.07. The van der Waals surface area contributed by atoms with E-state index in [-0.39, 0.29) is 24.4 Å². The molecule has 1 aliphatic heterocycles. The average Bonchev–Trinajstić information content (AvgIpc) is 2.89. The number of carbonyl (C=O) groups excluding carboxylic acids is 1. The SMILES string of the molecule is CN(Cc1nccn1C)C(=O)C1CCCN1.Cl. The Balaban J connectivity index is 0.00000144. The molecule has 0 saturated carbocycles. The van der Waals surface area contributed by atoms with E-state index in [1.54, 1.807) is 11.1 Å². The van der Waals surface area contributed by atoms with Gasteiger partial charge in [0, 0.05) is 26.5 Å². The van der Waals surface area contributed by atoms with Crippen molar-refractivity contribution in [2.75, 3.05) is 13.6 Å². The second kappa shape index (κ2) is 6.02. The predicted molar refractivity (Wildman–Crippen MR) is 68.0 cm³/mol. The van der Waals surface area contributed by atoms with E-state index < -0.39 is 0 Å². The lowest BCUT2D eigenvalue weighted by Crippen LogP contribution is -2.41. The Morgan fingerprint density at radius 2 is 2.47 bits per heavy atom. The molecule has 17 heavy (non-hydrogen) atoms. The Morgan fingerprint density at radius 3 is 3.00 bits per heavy atom. The fourth-order valence-corrected chi connectivity index (χ4v) is 2.00. The summed E-state index contributed by atoms with van der Waals surface area (Å²) in [6.07, 6.45) is 5.68. The summed E-state index contributed by atoms with van der Waals surface area (Å²) in [5.41, 5.74) is 0. The van der Waals surface area contributed by atoms with E-state index in [0.717, 1.165) is 25.2 Å². The molecule has 0 aromatic carbocycles. The van der Waals surface area contributed by atoms with Gasteiger partial charge >= 0.3 is 0 Å². The van der Waals surface area contributed by atoms with E-state index in [1.807, 2.05) is 24.9 Å². The number of imidazole rings is 1. The van der Waals surface area contributed by atoms with Crippen molar-refractivity contribution >= 4 is 18.3 Å². The number of amides is 1.